The number of halogens is 1. The molecule has 3 nitrogen and oxygen atoms in total. The summed E-state index contributed by atoms with van der Waals surface area (Å²) in [5.74, 6) is 0.791. The lowest BCUT2D eigenvalue weighted by Gasteiger charge is -2.17. The predicted molar refractivity (Wildman–Crippen MR) is 70.9 cm³/mol. The number of rotatable bonds is 5. The highest BCUT2D eigenvalue weighted by atomic mass is 19.1. The van der Waals surface area contributed by atoms with Crippen LogP contribution in [0.1, 0.15) is 24.8 Å². The van der Waals surface area contributed by atoms with Crippen LogP contribution in [0.3, 0.4) is 0 Å². The van der Waals surface area contributed by atoms with Crippen LogP contribution in [0.2, 0.25) is 0 Å². The predicted octanol–water partition coefficient (Wildman–Crippen LogP) is 1.93. The molecule has 0 bridgehead atoms. The molecule has 1 aliphatic heterocycles. The quantitative estimate of drug-likeness (QED) is 0.879. The van der Waals surface area contributed by atoms with E-state index in [1.165, 1.54) is 25.0 Å². The van der Waals surface area contributed by atoms with Gasteiger partial charge >= 0.3 is 0 Å². The lowest BCUT2D eigenvalue weighted by molar-refractivity contribution is -0.128. The van der Waals surface area contributed by atoms with Crippen LogP contribution in [0, 0.1) is 11.7 Å². The molecular weight excluding hydrogens is 243 g/mol. The number of carbonyl (C=O) groups excluding carboxylic acids is 1. The van der Waals surface area contributed by atoms with Crippen LogP contribution in [0.25, 0.3) is 0 Å². The number of likely N-dealkylation sites (tertiary alicyclic amines) is 1. The molecule has 1 saturated carbocycles. The van der Waals surface area contributed by atoms with Gasteiger partial charge in [-0.05, 0) is 43.0 Å². The van der Waals surface area contributed by atoms with Gasteiger partial charge in [0.25, 0.3) is 0 Å². The number of carbonyl (C=O) groups is 1. The van der Waals surface area contributed by atoms with E-state index in [1.807, 2.05) is 4.90 Å². The van der Waals surface area contributed by atoms with E-state index in [9.17, 15) is 9.18 Å². The summed E-state index contributed by atoms with van der Waals surface area (Å²) in [6, 6.07) is 6.66. The molecule has 4 heteroatoms. The summed E-state index contributed by atoms with van der Waals surface area (Å²) in [6.07, 6.45) is 3.24. The zero-order valence-corrected chi connectivity index (χ0v) is 10.9. The van der Waals surface area contributed by atoms with Crippen LogP contribution in [-0.2, 0) is 11.3 Å². The molecule has 2 aliphatic rings. The fraction of sp³-hybridized carbons (Fsp3) is 0.533. The average molecular weight is 262 g/mol. The number of benzene rings is 1. The largest absolute Gasteiger partial charge is 0.337 e. The molecule has 1 aliphatic carbocycles. The van der Waals surface area contributed by atoms with Crippen LogP contribution in [0.4, 0.5) is 4.39 Å². The molecule has 0 radical (unpaired) electrons. The van der Waals surface area contributed by atoms with Gasteiger partial charge in [-0.1, -0.05) is 12.1 Å². The van der Waals surface area contributed by atoms with Crippen molar-refractivity contribution in [1.29, 1.82) is 0 Å². The summed E-state index contributed by atoms with van der Waals surface area (Å²) >= 11 is 0. The van der Waals surface area contributed by atoms with Gasteiger partial charge < -0.3 is 10.2 Å². The number of amides is 1. The first kappa shape index (κ1) is 12.6. The molecule has 2 fully saturated rings. The molecule has 1 N–H and O–H groups in total. The van der Waals surface area contributed by atoms with Crippen LogP contribution < -0.4 is 5.32 Å². The number of nitrogens with zero attached hydrogens (tertiary/aromatic N) is 1. The highest BCUT2D eigenvalue weighted by Gasteiger charge is 2.30. The van der Waals surface area contributed by atoms with E-state index < -0.39 is 0 Å². The minimum absolute atomic E-state index is 0.192. The summed E-state index contributed by atoms with van der Waals surface area (Å²) in [5.41, 5.74) is 0.984. The second-order valence-electron chi connectivity index (χ2n) is 5.65. The van der Waals surface area contributed by atoms with E-state index in [2.05, 4.69) is 5.32 Å². The molecule has 1 aromatic rings. The van der Waals surface area contributed by atoms with Gasteiger partial charge in [-0.15, -0.1) is 0 Å². The maximum absolute atomic E-state index is 12.8. The Morgan fingerprint density at radius 3 is 2.68 bits per heavy atom. The minimum Gasteiger partial charge on any atom is -0.337 e. The third-order valence-corrected chi connectivity index (χ3v) is 3.89. The molecule has 1 atom stereocenters. The first-order valence-electron chi connectivity index (χ1n) is 6.96. The molecule has 1 saturated heterocycles. The van der Waals surface area contributed by atoms with Crippen molar-refractivity contribution in [3.8, 4) is 0 Å². The van der Waals surface area contributed by atoms with Gasteiger partial charge in [0.05, 0.1) is 0 Å². The van der Waals surface area contributed by atoms with Crippen molar-refractivity contribution < 1.29 is 9.18 Å². The second-order valence-corrected chi connectivity index (χ2v) is 5.65. The summed E-state index contributed by atoms with van der Waals surface area (Å²) in [5, 5.41) is 3.48. The Bertz CT molecular complexity index is 456. The van der Waals surface area contributed by atoms with Crippen LogP contribution in [0.5, 0.6) is 0 Å². The Morgan fingerprint density at radius 1 is 1.26 bits per heavy atom. The SMILES string of the molecule is O=C1C[C@H](NCC2CC2)CN1Cc1ccc(F)cc1. The maximum Gasteiger partial charge on any atom is 0.224 e. The number of hydrogen-bond acceptors (Lipinski definition) is 2. The topological polar surface area (TPSA) is 32.3 Å². The van der Waals surface area contributed by atoms with Crippen molar-refractivity contribution in [2.24, 2.45) is 5.92 Å². The lowest BCUT2D eigenvalue weighted by atomic mass is 10.2. The Labute approximate surface area is 112 Å². The summed E-state index contributed by atoms with van der Waals surface area (Å²) in [4.78, 5) is 13.8. The van der Waals surface area contributed by atoms with Crippen LogP contribution >= 0.6 is 0 Å². The van der Waals surface area contributed by atoms with Crippen molar-refractivity contribution in [3.05, 3.63) is 35.6 Å². The van der Waals surface area contributed by atoms with Gasteiger partial charge in [-0.25, -0.2) is 4.39 Å². The molecule has 1 aromatic carbocycles. The lowest BCUT2D eigenvalue weighted by Crippen LogP contribution is -2.33. The second kappa shape index (κ2) is 5.29. The van der Waals surface area contributed by atoms with Crippen molar-refractivity contribution in [3.63, 3.8) is 0 Å². The van der Waals surface area contributed by atoms with Crippen molar-refractivity contribution in [2.75, 3.05) is 13.1 Å². The monoisotopic (exact) mass is 262 g/mol. The third-order valence-electron chi connectivity index (χ3n) is 3.89. The van der Waals surface area contributed by atoms with E-state index in [0.29, 0.717) is 13.0 Å². The van der Waals surface area contributed by atoms with Crippen molar-refractivity contribution in [2.45, 2.75) is 31.8 Å². The van der Waals surface area contributed by atoms with Gasteiger partial charge in [0.2, 0.25) is 5.91 Å². The zero-order chi connectivity index (χ0) is 13.2. The van der Waals surface area contributed by atoms with Gasteiger partial charge in [0, 0.05) is 25.6 Å². The first-order valence-corrected chi connectivity index (χ1v) is 6.96. The fourth-order valence-corrected chi connectivity index (χ4v) is 2.53. The molecule has 102 valence electrons. The van der Waals surface area contributed by atoms with E-state index in [1.54, 1.807) is 12.1 Å². The van der Waals surface area contributed by atoms with Crippen LogP contribution in [0.15, 0.2) is 24.3 Å². The Hall–Kier alpha value is -1.42. The van der Waals surface area contributed by atoms with Gasteiger partial charge in [-0.2, -0.15) is 0 Å². The minimum atomic E-state index is -0.236. The smallest absolute Gasteiger partial charge is 0.224 e. The summed E-state index contributed by atoms with van der Waals surface area (Å²) in [7, 11) is 0. The first-order chi connectivity index (χ1) is 9.20. The Morgan fingerprint density at radius 2 is 2.00 bits per heavy atom. The van der Waals surface area contributed by atoms with E-state index in [-0.39, 0.29) is 17.8 Å². The highest BCUT2D eigenvalue weighted by molar-refractivity contribution is 5.79. The van der Waals surface area contributed by atoms with Gasteiger partial charge in [-0.3, -0.25) is 4.79 Å². The van der Waals surface area contributed by atoms with Crippen LogP contribution in [-0.4, -0.2) is 29.9 Å². The summed E-state index contributed by atoms with van der Waals surface area (Å²) < 4.78 is 12.8. The average Bonchev–Trinajstić information content (AvgIpc) is 3.16. The standard InChI is InChI=1S/C15H19FN2O/c16-13-5-3-12(4-6-13)9-18-10-14(7-15(18)19)17-8-11-1-2-11/h3-6,11,14,17H,1-2,7-10H2/t14-/m0/s1. The highest BCUT2D eigenvalue weighted by Crippen LogP contribution is 2.28. The molecule has 3 rings (SSSR count). The van der Waals surface area contributed by atoms with Crippen molar-refractivity contribution in [1.82, 2.24) is 10.2 Å². The van der Waals surface area contributed by atoms with Gasteiger partial charge in [0.15, 0.2) is 0 Å². The van der Waals surface area contributed by atoms with Crippen molar-refractivity contribution >= 4 is 5.91 Å². The zero-order valence-electron chi connectivity index (χ0n) is 10.9. The molecule has 1 heterocycles. The number of nitrogens with one attached hydrogen (secondary N) is 1. The normalized spacial score (nSPS) is 23.1. The van der Waals surface area contributed by atoms with E-state index in [4.69, 9.17) is 0 Å². The maximum atomic E-state index is 12.8. The molecule has 0 aromatic heterocycles. The van der Waals surface area contributed by atoms with E-state index in [0.717, 1.165) is 24.6 Å². The number of hydrogen-bond donors (Lipinski definition) is 1. The molecule has 0 spiro atoms. The Balaban J connectivity index is 1.52. The Kier molecular flexibility index (Phi) is 3.51. The molecule has 0 unspecified atom stereocenters. The van der Waals surface area contributed by atoms with E-state index >= 15 is 0 Å². The summed E-state index contributed by atoms with van der Waals surface area (Å²) in [6.45, 7) is 2.39. The molecular formula is C15H19FN2O. The third kappa shape index (κ3) is 3.32. The molecule has 1 amide bonds. The molecule has 19 heavy (non-hydrogen) atoms. The fourth-order valence-electron chi connectivity index (χ4n) is 2.53. The van der Waals surface area contributed by atoms with Gasteiger partial charge in [0.1, 0.15) is 5.82 Å².